The first-order valence-electron chi connectivity index (χ1n) is 14.5. The third-order valence-electron chi connectivity index (χ3n) is 8.21. The molecule has 2 aliphatic carbocycles. The van der Waals surface area contributed by atoms with Crippen molar-refractivity contribution in [1.82, 2.24) is 9.97 Å². The van der Waals surface area contributed by atoms with Crippen LogP contribution in [0.15, 0.2) is 17.2 Å². The molecule has 8 nitrogen and oxygen atoms in total. The third kappa shape index (κ3) is 6.30. The molecule has 3 aromatic rings. The highest BCUT2D eigenvalue weighted by Crippen LogP contribution is 2.58. The number of benzene rings is 1. The normalized spacial score (nSPS) is 13.9. The lowest BCUT2D eigenvalue weighted by Crippen LogP contribution is -2.21. The Bertz CT molecular complexity index is 2580. The van der Waals surface area contributed by atoms with Crippen molar-refractivity contribution in [3.63, 3.8) is 0 Å². The van der Waals surface area contributed by atoms with Crippen molar-refractivity contribution < 1.29 is 74.6 Å². The van der Waals surface area contributed by atoms with Crippen molar-refractivity contribution in [3.8, 4) is 36.4 Å². The van der Waals surface area contributed by atoms with Crippen molar-refractivity contribution >= 4 is 33.4 Å². The number of nitrogens with zero attached hydrogens (tertiary/aromatic N) is 8. The highest BCUT2D eigenvalue weighted by molar-refractivity contribution is 6.30. The molecule has 2 heterocycles. The number of rotatable bonds is 2. The van der Waals surface area contributed by atoms with Crippen molar-refractivity contribution in [2.24, 2.45) is 0 Å². The molecule has 0 N–H and O–H groups in total. The molecule has 0 aliphatic heterocycles. The summed E-state index contributed by atoms with van der Waals surface area (Å²) in [7, 11) is 0. The van der Waals surface area contributed by atoms with Crippen molar-refractivity contribution in [2.75, 3.05) is 0 Å². The van der Waals surface area contributed by atoms with Gasteiger partial charge in [-0.15, -0.1) is 0 Å². The molecule has 0 amide bonds. The fraction of sp³-hybridized carbons (Fsp3) is 0.118. The van der Waals surface area contributed by atoms with E-state index in [-0.39, 0.29) is 6.07 Å². The monoisotopic (exact) mass is 844 g/mol. The van der Waals surface area contributed by atoms with Crippen molar-refractivity contribution in [2.45, 2.75) is 24.7 Å². The van der Waals surface area contributed by atoms with Crippen LogP contribution in [-0.4, -0.2) is 9.97 Å². The molecule has 2 aliphatic rings. The van der Waals surface area contributed by atoms with Gasteiger partial charge in [0.2, 0.25) is 0 Å². The van der Waals surface area contributed by atoms with Crippen molar-refractivity contribution in [1.29, 1.82) is 31.6 Å². The van der Waals surface area contributed by atoms with Gasteiger partial charge in [-0.25, -0.2) is 31.9 Å². The molecule has 0 atom stereocenters. The van der Waals surface area contributed by atoms with E-state index in [4.69, 9.17) is 0 Å². The maximum absolute atomic E-state index is 17.0. The van der Waals surface area contributed by atoms with Crippen LogP contribution in [0.5, 0.6) is 0 Å². The lowest BCUT2D eigenvalue weighted by Gasteiger charge is -2.18. The number of hydrogen-bond acceptors (Lipinski definition) is 8. The molecule has 0 radical (unpaired) electrons. The largest absolute Gasteiger partial charge is 0.436 e. The Morgan fingerprint density at radius 2 is 0.661 bits per heavy atom. The Labute approximate surface area is 313 Å². The van der Waals surface area contributed by atoms with E-state index in [0.717, 1.165) is 36.4 Å². The standard InChI is InChI=1S/C34HF17N8/c35-22-16-10(14(8(2-52)3-53)18(12(16)6-56)20-23(36)27(31(40,41)42)58-28(24(20)37)32(43,44)45)1-11-15(9(4-54)5-55)19(13(7-57)17(11)22)21-25(38)29(33(46,47)48)59-30(26(21)39)34(49,50)51/h1H. The summed E-state index contributed by atoms with van der Waals surface area (Å²) in [5, 5.41) is 59.1. The van der Waals surface area contributed by atoms with Crippen LogP contribution in [0, 0.1) is 97.1 Å². The Kier molecular flexibility index (Phi) is 9.85. The van der Waals surface area contributed by atoms with Gasteiger partial charge in [0.25, 0.3) is 0 Å². The van der Waals surface area contributed by atoms with E-state index in [1.807, 2.05) is 9.97 Å². The van der Waals surface area contributed by atoms with Gasteiger partial charge in [-0.05, 0) is 17.2 Å². The van der Waals surface area contributed by atoms with Crippen LogP contribution in [0.2, 0.25) is 0 Å². The molecule has 59 heavy (non-hydrogen) atoms. The first-order valence-corrected chi connectivity index (χ1v) is 14.5. The topological polar surface area (TPSA) is 169 Å². The number of allylic oxidation sites excluding steroid dienone is 8. The molecule has 1 aromatic carbocycles. The maximum atomic E-state index is 17.0. The summed E-state index contributed by atoms with van der Waals surface area (Å²) in [6, 6.07) is 6.16. The van der Waals surface area contributed by atoms with Crippen LogP contribution in [0.4, 0.5) is 74.6 Å². The Morgan fingerprint density at radius 1 is 0.407 bits per heavy atom. The second-order valence-corrected chi connectivity index (χ2v) is 11.3. The lowest BCUT2D eigenvalue weighted by molar-refractivity contribution is -0.155. The van der Waals surface area contributed by atoms with Gasteiger partial charge in [-0.2, -0.15) is 84.3 Å². The smallest absolute Gasteiger partial charge is 0.233 e. The number of aromatic nitrogens is 2. The number of halogens is 17. The van der Waals surface area contributed by atoms with Gasteiger partial charge < -0.3 is 0 Å². The summed E-state index contributed by atoms with van der Waals surface area (Å²) in [4.78, 5) is 3.89. The lowest BCUT2D eigenvalue weighted by atomic mass is 9.88. The molecule has 25 heteroatoms. The van der Waals surface area contributed by atoms with Gasteiger partial charge in [0, 0.05) is 33.4 Å². The van der Waals surface area contributed by atoms with E-state index in [9.17, 15) is 84.3 Å². The summed E-state index contributed by atoms with van der Waals surface area (Å²) in [5.41, 5.74) is -37.2. The number of nitriles is 6. The summed E-state index contributed by atoms with van der Waals surface area (Å²) >= 11 is 0. The zero-order valence-electron chi connectivity index (χ0n) is 27.1. The fourth-order valence-electron chi connectivity index (χ4n) is 6.10. The molecular formula is C34HF17N8. The van der Waals surface area contributed by atoms with E-state index in [2.05, 4.69) is 0 Å². The summed E-state index contributed by atoms with van der Waals surface area (Å²) in [5.74, 6) is -14.5. The number of alkyl halides is 12. The van der Waals surface area contributed by atoms with E-state index in [1.54, 1.807) is 0 Å². The predicted octanol–water partition coefficient (Wildman–Crippen LogP) is 9.74. The average molecular weight is 844 g/mol. The minimum absolute atomic E-state index is 0.162. The SMILES string of the molecule is N#CC(C#N)=C1C(c2c(F)c(C(F)(F)F)nc(C(F)(F)F)c2F)=C(C#N)c2c1cc1c(c2F)C(C#N)=C(c2c(F)c(C(F)(F)F)nc(C(F)(F)F)c2F)C1=C(C#N)C#N. The van der Waals surface area contributed by atoms with Crippen molar-refractivity contribution in [3.05, 3.63) is 102 Å². The number of fused-ring (bicyclic) bond motifs is 2. The zero-order chi connectivity index (χ0) is 44.6. The number of pyridine rings is 2. The molecule has 2 aromatic heterocycles. The fourth-order valence-corrected chi connectivity index (χ4v) is 6.10. The highest BCUT2D eigenvalue weighted by Gasteiger charge is 2.51. The zero-order valence-corrected chi connectivity index (χ0v) is 27.1. The van der Waals surface area contributed by atoms with E-state index < -0.39 is 155 Å². The van der Waals surface area contributed by atoms with E-state index in [0.29, 0.717) is 0 Å². The number of hydrogen-bond donors (Lipinski definition) is 0. The molecule has 0 unspecified atom stereocenters. The molecular weight excluding hydrogens is 843 g/mol. The van der Waals surface area contributed by atoms with Gasteiger partial charge in [-0.1, -0.05) is 0 Å². The molecule has 296 valence electrons. The van der Waals surface area contributed by atoms with Gasteiger partial charge in [0.05, 0.1) is 22.3 Å². The summed E-state index contributed by atoms with van der Waals surface area (Å²) in [6.07, 6.45) is -24.8. The Morgan fingerprint density at radius 3 is 0.864 bits per heavy atom. The molecule has 0 bridgehead atoms. The second kappa shape index (κ2) is 13.7. The van der Waals surface area contributed by atoms with Crippen LogP contribution in [0.3, 0.4) is 0 Å². The molecule has 0 saturated carbocycles. The van der Waals surface area contributed by atoms with Crippen LogP contribution in [-0.2, 0) is 24.7 Å². The van der Waals surface area contributed by atoms with Crippen LogP contribution >= 0.6 is 0 Å². The van der Waals surface area contributed by atoms with E-state index >= 15 is 22.0 Å². The van der Waals surface area contributed by atoms with E-state index in [1.165, 1.54) is 0 Å². The third-order valence-corrected chi connectivity index (χ3v) is 8.21. The van der Waals surface area contributed by atoms with Gasteiger partial charge in [-0.3, -0.25) is 0 Å². The summed E-state index contributed by atoms with van der Waals surface area (Å²) < 4.78 is 246. The first-order chi connectivity index (χ1) is 27.2. The van der Waals surface area contributed by atoms with Crippen LogP contribution in [0.25, 0.3) is 33.4 Å². The first kappa shape index (κ1) is 42.4. The second-order valence-electron chi connectivity index (χ2n) is 11.3. The molecule has 0 fully saturated rings. The highest BCUT2D eigenvalue weighted by atomic mass is 19.4. The van der Waals surface area contributed by atoms with Gasteiger partial charge in [0.1, 0.15) is 53.4 Å². The predicted molar refractivity (Wildman–Crippen MR) is 156 cm³/mol. The van der Waals surface area contributed by atoms with Crippen LogP contribution < -0.4 is 0 Å². The van der Waals surface area contributed by atoms with Gasteiger partial charge in [0.15, 0.2) is 46.0 Å². The minimum atomic E-state index is -6.21. The van der Waals surface area contributed by atoms with Gasteiger partial charge >= 0.3 is 24.7 Å². The molecule has 5 rings (SSSR count). The Balaban J connectivity index is 2.12. The van der Waals surface area contributed by atoms with Crippen LogP contribution in [0.1, 0.15) is 56.2 Å². The average Bonchev–Trinajstić information content (AvgIpc) is 3.60. The Hall–Kier alpha value is -7.77. The summed E-state index contributed by atoms with van der Waals surface area (Å²) in [6.45, 7) is 0. The quantitative estimate of drug-likeness (QED) is 0.181. The molecule has 0 spiro atoms. The minimum Gasteiger partial charge on any atom is -0.233 e. The maximum Gasteiger partial charge on any atom is 0.436 e. The molecule has 0 saturated heterocycles.